The average molecular weight is 474 g/mol. The van der Waals surface area contributed by atoms with Gasteiger partial charge in [-0.2, -0.15) is 0 Å². The van der Waals surface area contributed by atoms with Gasteiger partial charge in [-0.1, -0.05) is 42.1 Å². The number of hydrogen-bond donors (Lipinski definition) is 1. The van der Waals surface area contributed by atoms with Gasteiger partial charge in [-0.15, -0.1) is 23.4 Å². The number of aromatic nitrogens is 3. The molecule has 0 unspecified atom stereocenters. The second-order valence-corrected chi connectivity index (χ2v) is 7.71. The lowest BCUT2D eigenvalue weighted by molar-refractivity contribution is -0.274. The topological polar surface area (TPSA) is 82.2 Å². The van der Waals surface area contributed by atoms with Crippen LogP contribution in [0, 0.1) is 0 Å². The van der Waals surface area contributed by atoms with Crippen molar-refractivity contribution < 1.29 is 27.1 Å². The predicted molar refractivity (Wildman–Crippen MR) is 116 cm³/mol. The fraction of sp³-hybridized carbons (Fsp3) is 0.136. The Kier molecular flexibility index (Phi) is 6.68. The van der Waals surface area contributed by atoms with Crippen LogP contribution in [0.25, 0.3) is 11.6 Å². The first kappa shape index (κ1) is 22.5. The molecule has 7 nitrogen and oxygen atoms in total. The summed E-state index contributed by atoms with van der Waals surface area (Å²) in [5, 5.41) is 11.6. The number of carbonyl (C=O) groups is 1. The molecule has 0 saturated carbocycles. The maximum Gasteiger partial charge on any atom is 0.573 e. The third-order valence-corrected chi connectivity index (χ3v) is 5.31. The third-order valence-electron chi connectivity index (χ3n) is 4.35. The molecule has 11 heteroatoms. The highest BCUT2D eigenvalue weighted by Gasteiger charge is 2.31. The fourth-order valence-electron chi connectivity index (χ4n) is 2.96. The number of amides is 1. The van der Waals surface area contributed by atoms with E-state index < -0.39 is 6.36 Å². The summed E-state index contributed by atoms with van der Waals surface area (Å²) in [5.74, 6) is 0.391. The van der Waals surface area contributed by atoms with Crippen molar-refractivity contribution in [1.82, 2.24) is 14.8 Å². The van der Waals surface area contributed by atoms with Crippen molar-refractivity contribution in [1.29, 1.82) is 0 Å². The van der Waals surface area contributed by atoms with Gasteiger partial charge in [0.1, 0.15) is 5.75 Å². The fourth-order valence-corrected chi connectivity index (χ4v) is 3.70. The Hall–Kier alpha value is -3.73. The van der Waals surface area contributed by atoms with E-state index in [9.17, 15) is 18.0 Å². The number of nitrogens with zero attached hydrogens (tertiary/aromatic N) is 3. The standard InChI is InChI=1S/C22H17F3N4O3S/c23-22(24,25)32-17-10-8-16(9-11-17)26-19(30)14-33-21-28-27-20(18-7-4-12-31-18)29(21)13-15-5-2-1-3-6-15/h1-12H,13-14H2,(H,26,30). The monoisotopic (exact) mass is 474 g/mol. The zero-order valence-corrected chi connectivity index (χ0v) is 17.8. The van der Waals surface area contributed by atoms with Crippen molar-refractivity contribution in [3.8, 4) is 17.3 Å². The smallest absolute Gasteiger partial charge is 0.461 e. The Morgan fingerprint density at radius 3 is 2.45 bits per heavy atom. The molecule has 0 radical (unpaired) electrons. The number of furan rings is 1. The number of halogens is 3. The normalized spacial score (nSPS) is 11.4. The summed E-state index contributed by atoms with van der Waals surface area (Å²) in [6.45, 7) is 0.481. The first-order chi connectivity index (χ1) is 15.9. The summed E-state index contributed by atoms with van der Waals surface area (Å²) < 4.78 is 47.9. The maximum absolute atomic E-state index is 12.4. The zero-order chi connectivity index (χ0) is 23.3. The summed E-state index contributed by atoms with van der Waals surface area (Å²) in [6.07, 6.45) is -3.23. The predicted octanol–water partition coefficient (Wildman–Crippen LogP) is 5.22. The van der Waals surface area contributed by atoms with Crippen LogP contribution in [0.5, 0.6) is 5.75 Å². The summed E-state index contributed by atoms with van der Waals surface area (Å²) in [4.78, 5) is 12.4. The van der Waals surface area contributed by atoms with E-state index in [4.69, 9.17) is 4.42 Å². The highest BCUT2D eigenvalue weighted by molar-refractivity contribution is 7.99. The Balaban J connectivity index is 1.43. The quantitative estimate of drug-likeness (QED) is 0.353. The van der Waals surface area contributed by atoms with Crippen LogP contribution in [0.3, 0.4) is 0 Å². The highest BCUT2D eigenvalue weighted by Crippen LogP contribution is 2.27. The number of hydrogen-bond acceptors (Lipinski definition) is 6. The largest absolute Gasteiger partial charge is 0.573 e. The second kappa shape index (κ2) is 9.82. The number of rotatable bonds is 8. The molecule has 1 amide bonds. The van der Waals surface area contributed by atoms with Crippen LogP contribution in [0.4, 0.5) is 18.9 Å². The number of carbonyl (C=O) groups excluding carboxylic acids is 1. The first-order valence-electron chi connectivity index (χ1n) is 9.67. The van der Waals surface area contributed by atoms with Crippen molar-refractivity contribution in [3.05, 3.63) is 78.6 Å². The number of ether oxygens (including phenoxy) is 1. The zero-order valence-electron chi connectivity index (χ0n) is 17.0. The van der Waals surface area contributed by atoms with Crippen LogP contribution < -0.4 is 10.1 Å². The SMILES string of the molecule is O=C(CSc1nnc(-c2ccco2)n1Cc1ccccc1)Nc1ccc(OC(F)(F)F)cc1. The van der Waals surface area contributed by atoms with Gasteiger partial charge in [0.25, 0.3) is 0 Å². The van der Waals surface area contributed by atoms with Gasteiger partial charge in [0.15, 0.2) is 10.9 Å². The molecular weight excluding hydrogens is 457 g/mol. The highest BCUT2D eigenvalue weighted by atomic mass is 32.2. The van der Waals surface area contributed by atoms with Crippen LogP contribution in [-0.2, 0) is 11.3 Å². The minimum Gasteiger partial charge on any atom is -0.461 e. The van der Waals surface area contributed by atoms with E-state index in [2.05, 4.69) is 20.3 Å². The minimum atomic E-state index is -4.77. The third kappa shape index (κ3) is 6.16. The molecule has 0 aliphatic heterocycles. The molecule has 0 fully saturated rings. The van der Waals surface area contributed by atoms with E-state index in [-0.39, 0.29) is 17.4 Å². The molecule has 0 aliphatic rings. The van der Waals surface area contributed by atoms with Crippen molar-refractivity contribution in [2.24, 2.45) is 0 Å². The molecule has 2 aromatic carbocycles. The van der Waals surface area contributed by atoms with Gasteiger partial charge in [-0.05, 0) is 42.0 Å². The number of alkyl halides is 3. The van der Waals surface area contributed by atoms with Crippen LogP contribution in [-0.4, -0.2) is 32.8 Å². The van der Waals surface area contributed by atoms with Crippen molar-refractivity contribution in [2.45, 2.75) is 18.1 Å². The summed E-state index contributed by atoms with van der Waals surface area (Å²) in [7, 11) is 0. The first-order valence-corrected chi connectivity index (χ1v) is 10.7. The Morgan fingerprint density at radius 2 is 1.79 bits per heavy atom. The minimum absolute atomic E-state index is 0.0197. The van der Waals surface area contributed by atoms with Gasteiger partial charge in [-0.3, -0.25) is 9.36 Å². The van der Waals surface area contributed by atoms with Crippen LogP contribution in [0.2, 0.25) is 0 Å². The van der Waals surface area contributed by atoms with Crippen molar-refractivity contribution >= 4 is 23.4 Å². The van der Waals surface area contributed by atoms with Gasteiger partial charge in [0.2, 0.25) is 11.7 Å². The summed E-state index contributed by atoms with van der Waals surface area (Å²) in [5.41, 5.74) is 1.37. The van der Waals surface area contributed by atoms with Gasteiger partial charge >= 0.3 is 6.36 Å². The molecular formula is C22H17F3N4O3S. The van der Waals surface area contributed by atoms with Gasteiger partial charge in [0, 0.05) is 5.69 Å². The van der Waals surface area contributed by atoms with Crippen molar-refractivity contribution in [3.63, 3.8) is 0 Å². The molecule has 1 N–H and O–H groups in total. The van der Waals surface area contributed by atoms with Gasteiger partial charge < -0.3 is 14.5 Å². The molecule has 0 spiro atoms. The lowest BCUT2D eigenvalue weighted by Crippen LogP contribution is -2.17. The summed E-state index contributed by atoms with van der Waals surface area (Å²) >= 11 is 1.18. The van der Waals surface area contributed by atoms with E-state index in [1.807, 2.05) is 34.9 Å². The van der Waals surface area contributed by atoms with Crippen LogP contribution in [0.1, 0.15) is 5.56 Å². The Morgan fingerprint density at radius 1 is 1.03 bits per heavy atom. The molecule has 170 valence electrons. The molecule has 4 aromatic rings. The van der Waals surface area contributed by atoms with E-state index in [0.717, 1.165) is 17.7 Å². The molecule has 0 saturated heterocycles. The maximum atomic E-state index is 12.4. The molecule has 33 heavy (non-hydrogen) atoms. The van der Waals surface area contributed by atoms with Gasteiger partial charge in [0.05, 0.1) is 18.6 Å². The van der Waals surface area contributed by atoms with E-state index >= 15 is 0 Å². The van der Waals surface area contributed by atoms with Crippen LogP contribution >= 0.6 is 11.8 Å². The number of benzene rings is 2. The molecule has 0 atom stereocenters. The lowest BCUT2D eigenvalue weighted by Gasteiger charge is -2.10. The number of anilines is 1. The molecule has 4 rings (SSSR count). The second-order valence-electron chi connectivity index (χ2n) is 6.76. The van der Waals surface area contributed by atoms with E-state index in [0.29, 0.717) is 29.0 Å². The Bertz CT molecular complexity index is 1190. The number of thioether (sulfide) groups is 1. The molecule has 2 aromatic heterocycles. The lowest BCUT2D eigenvalue weighted by atomic mass is 10.2. The van der Waals surface area contributed by atoms with E-state index in [1.165, 1.54) is 23.9 Å². The van der Waals surface area contributed by atoms with Crippen molar-refractivity contribution in [2.75, 3.05) is 11.1 Å². The van der Waals surface area contributed by atoms with Gasteiger partial charge in [-0.25, -0.2) is 0 Å². The summed E-state index contributed by atoms with van der Waals surface area (Å²) in [6, 6.07) is 18.2. The Labute approximate surface area is 190 Å². The average Bonchev–Trinajstić information content (AvgIpc) is 3.43. The van der Waals surface area contributed by atoms with E-state index in [1.54, 1.807) is 18.4 Å². The molecule has 2 heterocycles. The van der Waals surface area contributed by atoms with Crippen LogP contribution in [0.15, 0.2) is 82.6 Å². The molecule has 0 bridgehead atoms. The molecule has 0 aliphatic carbocycles. The number of nitrogens with one attached hydrogen (secondary N) is 1.